The maximum absolute atomic E-state index is 12.8. The molecule has 0 bridgehead atoms. The van der Waals surface area contributed by atoms with Crippen LogP contribution in [0.25, 0.3) is 0 Å². The number of nitrogens with one attached hydrogen (secondary N) is 2. The van der Waals surface area contributed by atoms with Gasteiger partial charge in [0.1, 0.15) is 12.4 Å². The lowest BCUT2D eigenvalue weighted by Gasteiger charge is -2.34. The smallest absolute Gasteiger partial charge is 0.278 e. The molecule has 2 rings (SSSR count). The van der Waals surface area contributed by atoms with Gasteiger partial charge in [0.25, 0.3) is 17.7 Å². The fourth-order valence-electron chi connectivity index (χ4n) is 2.65. The number of methoxy groups -OCH3 is 1. The van der Waals surface area contributed by atoms with Gasteiger partial charge in [-0.2, -0.15) is 0 Å². The Morgan fingerprint density at radius 2 is 1.80 bits per heavy atom. The van der Waals surface area contributed by atoms with E-state index < -0.39 is 23.3 Å². The van der Waals surface area contributed by atoms with Gasteiger partial charge in [0.15, 0.2) is 11.3 Å². The third kappa shape index (κ3) is 4.68. The van der Waals surface area contributed by atoms with Crippen molar-refractivity contribution in [2.75, 3.05) is 21.2 Å². The number of benzene rings is 1. The van der Waals surface area contributed by atoms with E-state index in [1.807, 2.05) is 0 Å². The van der Waals surface area contributed by atoms with Crippen LogP contribution in [0.4, 0.5) is 0 Å². The molecule has 1 aromatic heterocycles. The number of hydrogen-bond acceptors (Lipinski definition) is 6. The fourth-order valence-corrected chi connectivity index (χ4v) is 2.65. The third-order valence-electron chi connectivity index (χ3n) is 4.60. The summed E-state index contributed by atoms with van der Waals surface area (Å²) in [6.07, 6.45) is 0. The summed E-state index contributed by atoms with van der Waals surface area (Å²) in [4.78, 5) is 38.1. The van der Waals surface area contributed by atoms with Crippen LogP contribution < -0.4 is 10.8 Å². The Bertz CT molecular complexity index is 968. The molecule has 158 valence electrons. The van der Waals surface area contributed by atoms with Crippen molar-refractivity contribution in [2.24, 2.45) is 0 Å². The molecule has 9 nitrogen and oxygen atoms in total. The summed E-state index contributed by atoms with van der Waals surface area (Å²) in [7, 11) is 4.20. The summed E-state index contributed by atoms with van der Waals surface area (Å²) in [5.41, 5.74) is 0.364. The largest absolute Gasteiger partial charge is 0.450 e. The topological polar surface area (TPSA) is 121 Å². The summed E-state index contributed by atoms with van der Waals surface area (Å²) >= 11 is 0. The van der Waals surface area contributed by atoms with Crippen LogP contribution in [-0.4, -0.2) is 54.6 Å². The molecule has 1 aromatic carbocycles. The van der Waals surface area contributed by atoms with Crippen molar-refractivity contribution in [2.45, 2.75) is 19.1 Å². The van der Waals surface area contributed by atoms with Crippen LogP contribution >= 0.6 is 0 Å². The van der Waals surface area contributed by atoms with E-state index in [4.69, 9.17) is 14.4 Å². The number of carbonyl (C=O) groups is 3. The minimum absolute atomic E-state index is 0.240. The minimum Gasteiger partial charge on any atom is -0.450 e. The normalized spacial score (nSPS) is 12.2. The zero-order chi connectivity index (χ0) is 22.3. The van der Waals surface area contributed by atoms with Crippen LogP contribution in [0.1, 0.15) is 34.4 Å². The Hall–Kier alpha value is -3.61. The van der Waals surface area contributed by atoms with Crippen molar-refractivity contribution < 1.29 is 28.7 Å². The highest BCUT2D eigenvalue weighted by atomic mass is 16.5. The second-order valence-corrected chi connectivity index (χ2v) is 6.48. The Morgan fingerprint density at radius 1 is 1.13 bits per heavy atom. The van der Waals surface area contributed by atoms with Crippen LogP contribution in [0.3, 0.4) is 0 Å². The van der Waals surface area contributed by atoms with Crippen molar-refractivity contribution in [3.63, 3.8) is 0 Å². The Morgan fingerprint density at radius 3 is 2.37 bits per heavy atom. The summed E-state index contributed by atoms with van der Waals surface area (Å²) in [6.45, 7) is 1.59. The second kappa shape index (κ2) is 9.73. The van der Waals surface area contributed by atoms with Crippen molar-refractivity contribution in [3.05, 3.63) is 59.0 Å². The van der Waals surface area contributed by atoms with Gasteiger partial charge in [-0.15, -0.1) is 0 Å². The zero-order valence-electron chi connectivity index (χ0n) is 17.1. The zero-order valence-corrected chi connectivity index (χ0v) is 17.1. The van der Waals surface area contributed by atoms with E-state index in [-0.39, 0.29) is 5.56 Å². The molecular weight excluding hydrogens is 390 g/mol. The average molecular weight is 413 g/mol. The molecule has 1 atom stereocenters. The lowest BCUT2D eigenvalue weighted by Crippen LogP contribution is -2.64. The van der Waals surface area contributed by atoms with E-state index in [9.17, 15) is 14.4 Å². The molecule has 0 aliphatic rings. The number of hydrogen-bond donors (Lipinski definition) is 3. The van der Waals surface area contributed by atoms with Gasteiger partial charge in [0, 0.05) is 32.3 Å². The monoisotopic (exact) mass is 413 g/mol. The van der Waals surface area contributed by atoms with E-state index in [2.05, 4.69) is 17.2 Å². The van der Waals surface area contributed by atoms with E-state index in [1.165, 1.54) is 38.6 Å². The predicted octanol–water partition coefficient (Wildman–Crippen LogP) is 0.908. The maximum Gasteiger partial charge on any atom is 0.278 e. The third-order valence-corrected chi connectivity index (χ3v) is 4.60. The summed E-state index contributed by atoms with van der Waals surface area (Å²) in [5, 5.41) is 11.3. The molecular formula is C21H23N3O6. The maximum atomic E-state index is 12.8. The van der Waals surface area contributed by atoms with Gasteiger partial charge in [-0.3, -0.25) is 19.6 Å². The standard InChI is InChI=1S/C21H23N3O6/c1-21(19(26)22-2,20(27)23-28)24(3)18(25)15-8-5-14(6-9-15)7-10-16-11-12-17(30-16)13-29-4/h5-6,8-9,11-12,28H,13H2,1-4H3,(H,22,26)(H,23,27). The van der Waals surface area contributed by atoms with Crippen molar-refractivity contribution in [1.29, 1.82) is 0 Å². The summed E-state index contributed by atoms with van der Waals surface area (Å²) < 4.78 is 10.5. The molecule has 0 fully saturated rings. The van der Waals surface area contributed by atoms with Gasteiger partial charge in [0.05, 0.1) is 0 Å². The molecule has 1 heterocycles. The van der Waals surface area contributed by atoms with Crippen LogP contribution in [0.2, 0.25) is 0 Å². The van der Waals surface area contributed by atoms with Gasteiger partial charge in [0.2, 0.25) is 0 Å². The highest BCUT2D eigenvalue weighted by Gasteiger charge is 2.47. The number of ether oxygens (including phenoxy) is 1. The molecule has 3 amide bonds. The van der Waals surface area contributed by atoms with Gasteiger partial charge >= 0.3 is 0 Å². The quantitative estimate of drug-likeness (QED) is 0.280. The number of nitrogens with zero attached hydrogens (tertiary/aromatic N) is 1. The molecule has 1 unspecified atom stereocenters. The van der Waals surface area contributed by atoms with Crippen LogP contribution in [0.5, 0.6) is 0 Å². The highest BCUT2D eigenvalue weighted by Crippen LogP contribution is 2.18. The van der Waals surface area contributed by atoms with Gasteiger partial charge in [-0.1, -0.05) is 5.92 Å². The Balaban J connectivity index is 2.20. The number of furan rings is 1. The average Bonchev–Trinajstić information content (AvgIpc) is 3.22. The van der Waals surface area contributed by atoms with Crippen molar-refractivity contribution in [1.82, 2.24) is 15.7 Å². The minimum atomic E-state index is -1.95. The fraction of sp³-hybridized carbons (Fsp3) is 0.286. The Kier molecular flexibility index (Phi) is 7.36. The highest BCUT2D eigenvalue weighted by molar-refractivity contribution is 6.12. The molecule has 30 heavy (non-hydrogen) atoms. The molecule has 3 N–H and O–H groups in total. The lowest BCUT2D eigenvalue weighted by atomic mass is 9.96. The van der Waals surface area contributed by atoms with Crippen molar-refractivity contribution in [3.8, 4) is 11.8 Å². The van der Waals surface area contributed by atoms with E-state index in [0.29, 0.717) is 23.7 Å². The van der Waals surface area contributed by atoms with Crippen LogP contribution in [0.15, 0.2) is 40.8 Å². The molecule has 0 aliphatic carbocycles. The molecule has 0 spiro atoms. The molecule has 2 aromatic rings. The first-order chi connectivity index (χ1) is 14.3. The summed E-state index contributed by atoms with van der Waals surface area (Å²) in [5.74, 6) is 4.58. The first kappa shape index (κ1) is 22.7. The van der Waals surface area contributed by atoms with E-state index in [0.717, 1.165) is 4.90 Å². The molecule has 0 saturated carbocycles. The molecule has 0 radical (unpaired) electrons. The predicted molar refractivity (Wildman–Crippen MR) is 106 cm³/mol. The van der Waals surface area contributed by atoms with E-state index in [1.54, 1.807) is 31.4 Å². The van der Waals surface area contributed by atoms with Gasteiger partial charge in [-0.05, 0) is 49.2 Å². The first-order valence-electron chi connectivity index (χ1n) is 8.92. The van der Waals surface area contributed by atoms with Gasteiger partial charge < -0.3 is 19.4 Å². The molecule has 0 aliphatic heterocycles. The second-order valence-electron chi connectivity index (χ2n) is 6.48. The van der Waals surface area contributed by atoms with Crippen molar-refractivity contribution >= 4 is 17.7 Å². The first-order valence-corrected chi connectivity index (χ1v) is 8.92. The Labute approximate surface area is 174 Å². The lowest BCUT2D eigenvalue weighted by molar-refractivity contribution is -0.148. The number of hydroxylamine groups is 1. The summed E-state index contributed by atoms with van der Waals surface area (Å²) in [6, 6.07) is 9.84. The number of amides is 3. The number of rotatable bonds is 6. The van der Waals surface area contributed by atoms with E-state index >= 15 is 0 Å². The van der Waals surface area contributed by atoms with Crippen LogP contribution in [-0.2, 0) is 20.9 Å². The molecule has 9 heteroatoms. The van der Waals surface area contributed by atoms with Crippen LogP contribution in [0, 0.1) is 11.8 Å². The number of likely N-dealkylation sites (N-methyl/N-ethyl adjacent to an activating group) is 2. The SMILES string of the molecule is CNC(=O)C(C)(C(=O)NO)N(C)C(=O)c1ccc(C#Cc2ccc(COC)o2)cc1. The van der Waals surface area contributed by atoms with Gasteiger partial charge in [-0.25, -0.2) is 5.48 Å². The number of carbonyl (C=O) groups excluding carboxylic acids is 3. The molecule has 0 saturated heterocycles.